The van der Waals surface area contributed by atoms with Gasteiger partial charge in [0.15, 0.2) is 11.6 Å². The van der Waals surface area contributed by atoms with Crippen LogP contribution in [0.3, 0.4) is 0 Å². The summed E-state index contributed by atoms with van der Waals surface area (Å²) in [5.74, 6) is -5.42. The van der Waals surface area contributed by atoms with Crippen LogP contribution in [-0.4, -0.2) is 27.9 Å². The van der Waals surface area contributed by atoms with Crippen molar-refractivity contribution in [1.29, 1.82) is 0 Å². The minimum atomic E-state index is -1.47. The Balaban J connectivity index is 3.18. The first kappa shape index (κ1) is 15.5. The molecule has 1 aromatic carbocycles. The Kier molecular flexibility index (Phi) is 4.68. The van der Waals surface area contributed by atoms with Crippen LogP contribution in [0.15, 0.2) is 12.1 Å². The van der Waals surface area contributed by atoms with Crippen LogP contribution in [0, 0.1) is 21.7 Å². The number of halogens is 2. The van der Waals surface area contributed by atoms with Crippen LogP contribution >= 0.6 is 0 Å². The molecule has 1 aromatic rings. The quantitative estimate of drug-likeness (QED) is 0.629. The molecule has 0 saturated heterocycles. The summed E-state index contributed by atoms with van der Waals surface area (Å²) in [6, 6.07) is -0.654. The van der Waals surface area contributed by atoms with E-state index in [4.69, 9.17) is 5.11 Å². The zero-order valence-electron chi connectivity index (χ0n) is 10.2. The number of benzene rings is 1. The smallest absolute Gasteiger partial charge is 0.326 e. The van der Waals surface area contributed by atoms with Gasteiger partial charge in [0.05, 0.1) is 11.0 Å². The second-order valence-corrected chi connectivity index (χ2v) is 3.81. The predicted octanol–water partition coefficient (Wildman–Crippen LogP) is 1.47. The number of nitrogens with one attached hydrogen (secondary N) is 1. The highest BCUT2D eigenvalue weighted by molar-refractivity contribution is 6.00. The lowest BCUT2D eigenvalue weighted by Crippen LogP contribution is -2.40. The lowest BCUT2D eigenvalue weighted by Gasteiger charge is -2.12. The summed E-state index contributed by atoms with van der Waals surface area (Å²) in [5, 5.41) is 21.5. The van der Waals surface area contributed by atoms with Crippen LogP contribution in [-0.2, 0) is 4.79 Å². The molecule has 2 N–H and O–H groups in total. The molecule has 0 spiro atoms. The summed E-state index contributed by atoms with van der Waals surface area (Å²) in [5.41, 5.74) is -1.68. The largest absolute Gasteiger partial charge is 0.480 e. The lowest BCUT2D eigenvalue weighted by molar-refractivity contribution is -0.385. The number of carbonyl (C=O) groups excluding carboxylic acids is 1. The number of nitro groups is 1. The number of hydrogen-bond donors (Lipinski definition) is 2. The van der Waals surface area contributed by atoms with Gasteiger partial charge in [0, 0.05) is 0 Å². The third-order valence-electron chi connectivity index (χ3n) is 2.49. The molecule has 7 nitrogen and oxygen atoms in total. The van der Waals surface area contributed by atoms with Gasteiger partial charge in [0.1, 0.15) is 11.6 Å². The fraction of sp³-hybridized carbons (Fsp3) is 0.273. The molecule has 9 heteroatoms. The van der Waals surface area contributed by atoms with E-state index in [1.165, 1.54) is 6.92 Å². The molecule has 0 aromatic heterocycles. The average Bonchev–Trinajstić information content (AvgIpc) is 2.37. The van der Waals surface area contributed by atoms with Gasteiger partial charge in [-0.25, -0.2) is 13.6 Å². The highest BCUT2D eigenvalue weighted by Gasteiger charge is 2.26. The molecule has 0 bridgehead atoms. The second-order valence-electron chi connectivity index (χ2n) is 3.81. The Morgan fingerprint density at radius 3 is 2.40 bits per heavy atom. The maximum Gasteiger partial charge on any atom is 0.326 e. The number of nitro benzene ring substituents is 1. The first-order valence-electron chi connectivity index (χ1n) is 5.45. The molecule has 1 unspecified atom stereocenters. The highest BCUT2D eigenvalue weighted by atomic mass is 19.2. The average molecular weight is 288 g/mol. The number of carbonyl (C=O) groups is 2. The number of rotatable bonds is 5. The summed E-state index contributed by atoms with van der Waals surface area (Å²) < 4.78 is 26.0. The van der Waals surface area contributed by atoms with Gasteiger partial charge in [-0.2, -0.15) is 0 Å². The Hall–Kier alpha value is -2.58. The van der Waals surface area contributed by atoms with Gasteiger partial charge >= 0.3 is 5.97 Å². The molecule has 1 rings (SSSR count). The second kappa shape index (κ2) is 6.04. The Bertz CT molecular complexity index is 576. The first-order chi connectivity index (χ1) is 9.27. The van der Waals surface area contributed by atoms with E-state index in [1.807, 2.05) is 5.32 Å². The maximum atomic E-state index is 13.1. The zero-order valence-corrected chi connectivity index (χ0v) is 10.2. The van der Waals surface area contributed by atoms with Crippen molar-refractivity contribution in [2.45, 2.75) is 19.4 Å². The van der Waals surface area contributed by atoms with E-state index in [1.54, 1.807) is 0 Å². The van der Waals surface area contributed by atoms with Crippen molar-refractivity contribution >= 4 is 17.6 Å². The molecule has 0 aliphatic rings. The van der Waals surface area contributed by atoms with E-state index in [2.05, 4.69) is 0 Å². The molecular formula is C11H10F2N2O5. The molecule has 0 saturated carbocycles. The van der Waals surface area contributed by atoms with E-state index in [-0.39, 0.29) is 12.5 Å². The third-order valence-corrected chi connectivity index (χ3v) is 2.49. The summed E-state index contributed by atoms with van der Waals surface area (Å²) in [4.78, 5) is 32.1. The number of nitrogens with zero attached hydrogens (tertiary/aromatic N) is 1. The van der Waals surface area contributed by atoms with Crippen LogP contribution in [0.25, 0.3) is 0 Å². The molecule has 0 heterocycles. The standard InChI is InChI=1S/C11H10F2N2O5/c1-2-8(11(17)18)14-10(16)5-3-6(12)7(13)4-9(5)15(19)20/h3-4,8H,2H2,1H3,(H,14,16)(H,17,18). The van der Waals surface area contributed by atoms with Crippen molar-refractivity contribution < 1.29 is 28.4 Å². The summed E-state index contributed by atoms with van der Waals surface area (Å²) in [6.45, 7) is 1.47. The van der Waals surface area contributed by atoms with E-state index < -0.39 is 45.7 Å². The fourth-order valence-electron chi connectivity index (χ4n) is 1.44. The van der Waals surface area contributed by atoms with Crippen LogP contribution in [0.5, 0.6) is 0 Å². The fourth-order valence-corrected chi connectivity index (χ4v) is 1.44. The molecular weight excluding hydrogens is 278 g/mol. The van der Waals surface area contributed by atoms with Crippen molar-refractivity contribution in [3.63, 3.8) is 0 Å². The lowest BCUT2D eigenvalue weighted by atomic mass is 10.1. The normalized spacial score (nSPS) is 11.8. The van der Waals surface area contributed by atoms with Crippen molar-refractivity contribution in [2.75, 3.05) is 0 Å². The SMILES string of the molecule is CCC(NC(=O)c1cc(F)c(F)cc1[N+](=O)[O-])C(=O)O. The summed E-state index contributed by atoms with van der Waals surface area (Å²) in [7, 11) is 0. The van der Waals surface area contributed by atoms with Crippen molar-refractivity contribution in [3.8, 4) is 0 Å². The molecule has 1 atom stereocenters. The van der Waals surface area contributed by atoms with Gasteiger partial charge in [0.2, 0.25) is 0 Å². The molecule has 0 aliphatic carbocycles. The van der Waals surface area contributed by atoms with Crippen LogP contribution in [0.4, 0.5) is 14.5 Å². The van der Waals surface area contributed by atoms with Crippen molar-refractivity contribution in [3.05, 3.63) is 39.4 Å². The van der Waals surface area contributed by atoms with Crippen molar-refractivity contribution in [1.82, 2.24) is 5.32 Å². The molecule has 0 aliphatic heterocycles. The van der Waals surface area contributed by atoms with Gasteiger partial charge in [-0.1, -0.05) is 6.92 Å². The Labute approximate surface area is 111 Å². The van der Waals surface area contributed by atoms with E-state index in [9.17, 15) is 28.5 Å². The summed E-state index contributed by atoms with van der Waals surface area (Å²) >= 11 is 0. The predicted molar refractivity (Wildman–Crippen MR) is 62.2 cm³/mol. The molecule has 108 valence electrons. The molecule has 0 radical (unpaired) electrons. The van der Waals surface area contributed by atoms with Crippen LogP contribution < -0.4 is 5.32 Å². The van der Waals surface area contributed by atoms with Gasteiger partial charge in [-0.15, -0.1) is 0 Å². The zero-order chi connectivity index (χ0) is 15.4. The number of carboxylic acids is 1. The molecule has 20 heavy (non-hydrogen) atoms. The van der Waals surface area contributed by atoms with E-state index >= 15 is 0 Å². The Morgan fingerprint density at radius 1 is 1.40 bits per heavy atom. The van der Waals surface area contributed by atoms with Gasteiger partial charge < -0.3 is 10.4 Å². The van der Waals surface area contributed by atoms with Crippen molar-refractivity contribution in [2.24, 2.45) is 0 Å². The van der Waals surface area contributed by atoms with Gasteiger partial charge in [-0.3, -0.25) is 14.9 Å². The topological polar surface area (TPSA) is 110 Å². The summed E-state index contributed by atoms with van der Waals surface area (Å²) in [6.07, 6.45) is 0.0263. The third kappa shape index (κ3) is 3.25. The highest BCUT2D eigenvalue weighted by Crippen LogP contribution is 2.22. The minimum absolute atomic E-state index is 0.0263. The van der Waals surface area contributed by atoms with E-state index in [0.29, 0.717) is 6.07 Å². The van der Waals surface area contributed by atoms with Crippen LogP contribution in [0.2, 0.25) is 0 Å². The number of carboxylic acid groups (broad SMARTS) is 1. The van der Waals surface area contributed by atoms with Crippen LogP contribution in [0.1, 0.15) is 23.7 Å². The van der Waals surface area contributed by atoms with E-state index in [0.717, 1.165) is 0 Å². The molecule has 1 amide bonds. The maximum absolute atomic E-state index is 13.1. The monoisotopic (exact) mass is 288 g/mol. The molecule has 0 fully saturated rings. The number of aliphatic carboxylic acids is 1. The number of amides is 1. The van der Waals surface area contributed by atoms with Gasteiger partial charge in [0.25, 0.3) is 11.6 Å². The first-order valence-corrected chi connectivity index (χ1v) is 5.45. The van der Waals surface area contributed by atoms with Gasteiger partial charge in [-0.05, 0) is 12.5 Å². The Morgan fingerprint density at radius 2 is 1.95 bits per heavy atom. The minimum Gasteiger partial charge on any atom is -0.480 e. The number of hydrogen-bond acceptors (Lipinski definition) is 4.